The van der Waals surface area contributed by atoms with E-state index in [2.05, 4.69) is 13.8 Å². The van der Waals surface area contributed by atoms with Gasteiger partial charge in [0, 0.05) is 32.7 Å². The molecule has 1 aliphatic heterocycles. The van der Waals surface area contributed by atoms with Gasteiger partial charge in [0.15, 0.2) is 0 Å². The maximum atomic E-state index is 12.9. The molecule has 2 rings (SSSR count). The lowest BCUT2D eigenvalue weighted by molar-refractivity contribution is -0.135. The predicted molar refractivity (Wildman–Crippen MR) is 108 cm³/mol. The van der Waals surface area contributed by atoms with Crippen LogP contribution in [0.5, 0.6) is 0 Å². The van der Waals surface area contributed by atoms with Gasteiger partial charge in [-0.1, -0.05) is 31.5 Å². The van der Waals surface area contributed by atoms with Crippen LogP contribution in [0.3, 0.4) is 0 Å². The Morgan fingerprint density at radius 3 is 2.52 bits per heavy atom. The lowest BCUT2D eigenvalue weighted by Crippen LogP contribution is -2.46. The van der Waals surface area contributed by atoms with Crippen molar-refractivity contribution in [3.8, 4) is 0 Å². The molecule has 1 saturated heterocycles. The number of rotatable bonds is 7. The van der Waals surface area contributed by atoms with Gasteiger partial charge >= 0.3 is 0 Å². The van der Waals surface area contributed by atoms with Crippen molar-refractivity contribution in [2.75, 3.05) is 26.7 Å². The van der Waals surface area contributed by atoms with Crippen molar-refractivity contribution in [2.24, 2.45) is 17.6 Å². The summed E-state index contributed by atoms with van der Waals surface area (Å²) < 4.78 is 27.3. The highest BCUT2D eigenvalue weighted by Gasteiger charge is 2.34. The van der Waals surface area contributed by atoms with Crippen LogP contribution >= 0.6 is 0 Å². The molecule has 0 bridgehead atoms. The van der Waals surface area contributed by atoms with Gasteiger partial charge in [-0.25, -0.2) is 8.42 Å². The van der Waals surface area contributed by atoms with E-state index in [1.54, 1.807) is 36.2 Å². The molecule has 0 aliphatic carbocycles. The van der Waals surface area contributed by atoms with Gasteiger partial charge in [0.1, 0.15) is 0 Å². The SMILES string of the molecule is Cc1ccc(S(=O)(=O)N2CCCC(C(=O)N(C)CCC(N)C(C)C)C2)cc1. The molecule has 1 amide bonds. The standard InChI is InChI=1S/C20H33N3O3S/c1-15(2)19(21)11-13-22(4)20(24)17-6-5-12-23(14-17)27(25,26)18-9-7-16(3)8-10-18/h7-10,15,17,19H,5-6,11-14,21H2,1-4H3. The maximum Gasteiger partial charge on any atom is 0.243 e. The van der Waals surface area contributed by atoms with Crippen LogP contribution in [0.25, 0.3) is 0 Å². The molecular formula is C20H33N3O3S. The number of piperidine rings is 1. The van der Waals surface area contributed by atoms with Crippen LogP contribution in [0.15, 0.2) is 29.2 Å². The largest absolute Gasteiger partial charge is 0.345 e. The summed E-state index contributed by atoms with van der Waals surface area (Å²) in [6.07, 6.45) is 2.16. The second-order valence-corrected chi connectivity index (χ2v) is 9.91. The van der Waals surface area contributed by atoms with Crippen molar-refractivity contribution in [2.45, 2.75) is 51.0 Å². The van der Waals surface area contributed by atoms with E-state index in [4.69, 9.17) is 5.73 Å². The second kappa shape index (κ2) is 9.17. The van der Waals surface area contributed by atoms with Gasteiger partial charge in [-0.3, -0.25) is 4.79 Å². The fraction of sp³-hybridized carbons (Fsp3) is 0.650. The van der Waals surface area contributed by atoms with Gasteiger partial charge in [0.25, 0.3) is 0 Å². The number of amides is 1. The summed E-state index contributed by atoms with van der Waals surface area (Å²) >= 11 is 0. The number of carbonyl (C=O) groups excluding carboxylic acids is 1. The van der Waals surface area contributed by atoms with Gasteiger partial charge < -0.3 is 10.6 Å². The first-order valence-electron chi connectivity index (χ1n) is 9.70. The van der Waals surface area contributed by atoms with Crippen LogP contribution in [-0.4, -0.2) is 56.3 Å². The van der Waals surface area contributed by atoms with E-state index in [-0.39, 0.29) is 29.3 Å². The summed E-state index contributed by atoms with van der Waals surface area (Å²) in [5.41, 5.74) is 7.09. The third-order valence-electron chi connectivity index (χ3n) is 5.42. The van der Waals surface area contributed by atoms with Crippen molar-refractivity contribution in [1.82, 2.24) is 9.21 Å². The molecule has 7 heteroatoms. The monoisotopic (exact) mass is 395 g/mol. The minimum Gasteiger partial charge on any atom is -0.345 e. The Kier molecular flexibility index (Phi) is 7.42. The topological polar surface area (TPSA) is 83.7 Å². The highest BCUT2D eigenvalue weighted by molar-refractivity contribution is 7.89. The zero-order valence-electron chi connectivity index (χ0n) is 16.9. The molecule has 0 aromatic heterocycles. The summed E-state index contributed by atoms with van der Waals surface area (Å²) in [6, 6.07) is 6.92. The van der Waals surface area contributed by atoms with Crippen molar-refractivity contribution in [3.05, 3.63) is 29.8 Å². The molecule has 0 saturated carbocycles. The third-order valence-corrected chi connectivity index (χ3v) is 7.30. The predicted octanol–water partition coefficient (Wildman–Crippen LogP) is 2.23. The number of benzene rings is 1. The average molecular weight is 396 g/mol. The lowest BCUT2D eigenvalue weighted by Gasteiger charge is -2.33. The van der Waals surface area contributed by atoms with E-state index >= 15 is 0 Å². The Morgan fingerprint density at radius 2 is 1.93 bits per heavy atom. The molecule has 2 atom stereocenters. The smallest absolute Gasteiger partial charge is 0.243 e. The minimum absolute atomic E-state index is 0.00904. The number of aryl methyl sites for hydroxylation is 1. The molecule has 1 aliphatic rings. The van der Waals surface area contributed by atoms with Gasteiger partial charge in [0.05, 0.1) is 10.8 Å². The Hall–Kier alpha value is -1.44. The zero-order valence-corrected chi connectivity index (χ0v) is 17.7. The zero-order chi connectivity index (χ0) is 20.2. The molecule has 1 aromatic carbocycles. The Bertz CT molecular complexity index is 731. The van der Waals surface area contributed by atoms with Gasteiger partial charge in [-0.15, -0.1) is 0 Å². The number of carbonyl (C=O) groups is 1. The molecular weight excluding hydrogens is 362 g/mol. The van der Waals surface area contributed by atoms with Gasteiger partial charge in [-0.2, -0.15) is 4.31 Å². The number of hydrogen-bond donors (Lipinski definition) is 1. The molecule has 152 valence electrons. The van der Waals surface area contributed by atoms with E-state index in [0.717, 1.165) is 18.4 Å². The molecule has 1 fully saturated rings. The summed E-state index contributed by atoms with van der Waals surface area (Å²) in [5.74, 6) is 0.0901. The minimum atomic E-state index is -3.57. The van der Waals surface area contributed by atoms with Crippen molar-refractivity contribution >= 4 is 15.9 Å². The van der Waals surface area contributed by atoms with Crippen LogP contribution in [0.1, 0.15) is 38.7 Å². The van der Waals surface area contributed by atoms with Crippen molar-refractivity contribution < 1.29 is 13.2 Å². The fourth-order valence-corrected chi connectivity index (χ4v) is 4.84. The fourth-order valence-electron chi connectivity index (χ4n) is 3.32. The average Bonchev–Trinajstić information content (AvgIpc) is 2.65. The third kappa shape index (κ3) is 5.53. The molecule has 0 spiro atoms. The van der Waals surface area contributed by atoms with Gasteiger partial charge in [0.2, 0.25) is 15.9 Å². The molecule has 27 heavy (non-hydrogen) atoms. The van der Waals surface area contributed by atoms with Crippen LogP contribution in [0, 0.1) is 18.8 Å². The van der Waals surface area contributed by atoms with Gasteiger partial charge in [-0.05, 0) is 44.2 Å². The normalized spacial score (nSPS) is 19.9. The summed E-state index contributed by atoms with van der Waals surface area (Å²) in [7, 11) is -1.78. The van der Waals surface area contributed by atoms with E-state index in [0.29, 0.717) is 25.4 Å². The number of nitrogens with two attached hydrogens (primary N) is 1. The second-order valence-electron chi connectivity index (χ2n) is 7.97. The first kappa shape index (κ1) is 21.9. The molecule has 2 N–H and O–H groups in total. The number of hydrogen-bond acceptors (Lipinski definition) is 4. The highest BCUT2D eigenvalue weighted by Crippen LogP contribution is 2.25. The first-order valence-corrected chi connectivity index (χ1v) is 11.1. The highest BCUT2D eigenvalue weighted by atomic mass is 32.2. The molecule has 1 heterocycles. The number of nitrogens with zero attached hydrogens (tertiary/aromatic N) is 2. The Balaban J connectivity index is 2.02. The molecule has 0 radical (unpaired) electrons. The van der Waals surface area contributed by atoms with Crippen LogP contribution in [0.2, 0.25) is 0 Å². The summed E-state index contributed by atoms with van der Waals surface area (Å²) in [4.78, 5) is 14.8. The Labute approximate surface area is 163 Å². The molecule has 1 aromatic rings. The Morgan fingerprint density at radius 1 is 1.30 bits per heavy atom. The molecule has 2 unspecified atom stereocenters. The maximum absolute atomic E-state index is 12.9. The summed E-state index contributed by atoms with van der Waals surface area (Å²) in [5, 5.41) is 0. The molecule has 6 nitrogen and oxygen atoms in total. The van der Waals surface area contributed by atoms with E-state index < -0.39 is 10.0 Å². The van der Waals surface area contributed by atoms with Crippen LogP contribution in [-0.2, 0) is 14.8 Å². The quantitative estimate of drug-likeness (QED) is 0.767. The van der Waals surface area contributed by atoms with Crippen LogP contribution < -0.4 is 5.73 Å². The lowest BCUT2D eigenvalue weighted by atomic mass is 9.97. The van der Waals surface area contributed by atoms with Crippen molar-refractivity contribution in [1.29, 1.82) is 0 Å². The number of sulfonamides is 1. The van der Waals surface area contributed by atoms with E-state index in [1.165, 1.54) is 4.31 Å². The summed E-state index contributed by atoms with van der Waals surface area (Å²) in [6.45, 7) is 7.37. The van der Waals surface area contributed by atoms with Crippen molar-refractivity contribution in [3.63, 3.8) is 0 Å². The van der Waals surface area contributed by atoms with E-state index in [1.807, 2.05) is 6.92 Å². The van der Waals surface area contributed by atoms with E-state index in [9.17, 15) is 13.2 Å². The first-order chi connectivity index (χ1) is 12.6. The van der Waals surface area contributed by atoms with Crippen LogP contribution in [0.4, 0.5) is 0 Å².